The van der Waals surface area contributed by atoms with Gasteiger partial charge in [-0.3, -0.25) is 4.79 Å². The van der Waals surface area contributed by atoms with E-state index in [-0.39, 0.29) is 22.2 Å². The molecule has 0 aliphatic heterocycles. The molecular weight excluding hydrogens is 421 g/mol. The zero-order chi connectivity index (χ0) is 21.9. The van der Waals surface area contributed by atoms with E-state index < -0.39 is 33.0 Å². The predicted octanol–water partition coefficient (Wildman–Crippen LogP) is 4.55. The molecule has 1 aromatic heterocycles. The summed E-state index contributed by atoms with van der Waals surface area (Å²) >= 11 is 0. The molecule has 0 bridgehead atoms. The molecule has 0 aliphatic carbocycles. The minimum absolute atomic E-state index is 0.0526. The molecule has 3 aromatic rings. The number of hydrogen-bond donors (Lipinski definition) is 1. The number of sulfone groups is 1. The van der Waals surface area contributed by atoms with Crippen LogP contribution in [0.1, 0.15) is 15.9 Å². The predicted molar refractivity (Wildman–Crippen MR) is 103 cm³/mol. The van der Waals surface area contributed by atoms with E-state index in [9.17, 15) is 26.4 Å². The summed E-state index contributed by atoms with van der Waals surface area (Å²) in [6.45, 7) is 0. The lowest BCUT2D eigenvalue weighted by Gasteiger charge is -2.14. The molecule has 1 amide bonds. The average molecular weight is 436 g/mol. The van der Waals surface area contributed by atoms with Gasteiger partial charge in [-0.15, -0.1) is 0 Å². The van der Waals surface area contributed by atoms with Gasteiger partial charge in [0.1, 0.15) is 11.3 Å². The van der Waals surface area contributed by atoms with Crippen molar-refractivity contribution in [3.8, 4) is 11.6 Å². The number of nitrogens with one attached hydrogen (secondary N) is 1. The number of nitrogens with zero attached hydrogens (tertiary/aromatic N) is 1. The molecule has 1 N–H and O–H groups in total. The molecule has 0 spiro atoms. The van der Waals surface area contributed by atoms with Gasteiger partial charge < -0.3 is 10.1 Å². The van der Waals surface area contributed by atoms with Crippen LogP contribution in [0, 0.1) is 0 Å². The fraction of sp³-hybridized carbons (Fsp3) is 0.100. The molecule has 1 heterocycles. The summed E-state index contributed by atoms with van der Waals surface area (Å²) in [7, 11) is -3.54. The lowest BCUT2D eigenvalue weighted by Crippen LogP contribution is -2.16. The normalized spacial score (nSPS) is 11.7. The van der Waals surface area contributed by atoms with Gasteiger partial charge in [0, 0.05) is 18.1 Å². The van der Waals surface area contributed by atoms with Crippen LogP contribution < -0.4 is 10.1 Å². The second kappa shape index (κ2) is 8.15. The van der Waals surface area contributed by atoms with Crippen molar-refractivity contribution >= 4 is 21.4 Å². The summed E-state index contributed by atoms with van der Waals surface area (Å²) in [6.07, 6.45) is -3.15. The van der Waals surface area contributed by atoms with Gasteiger partial charge in [-0.05, 0) is 36.4 Å². The highest BCUT2D eigenvalue weighted by molar-refractivity contribution is 7.90. The highest BCUT2D eigenvalue weighted by atomic mass is 32.2. The van der Waals surface area contributed by atoms with Gasteiger partial charge in [-0.2, -0.15) is 13.2 Å². The van der Waals surface area contributed by atoms with Crippen molar-refractivity contribution in [2.24, 2.45) is 0 Å². The van der Waals surface area contributed by atoms with Gasteiger partial charge in [0.25, 0.3) is 5.91 Å². The maximum absolute atomic E-state index is 13.1. The van der Waals surface area contributed by atoms with E-state index in [1.54, 1.807) is 30.3 Å². The first kappa shape index (κ1) is 21.3. The lowest BCUT2D eigenvalue weighted by molar-refractivity contribution is -0.137. The van der Waals surface area contributed by atoms with E-state index in [0.717, 1.165) is 6.26 Å². The van der Waals surface area contributed by atoms with Crippen LogP contribution in [0.3, 0.4) is 0 Å². The van der Waals surface area contributed by atoms with Crippen molar-refractivity contribution in [3.63, 3.8) is 0 Å². The number of carbonyl (C=O) groups excluding carboxylic acids is 1. The van der Waals surface area contributed by atoms with Crippen molar-refractivity contribution in [3.05, 3.63) is 78.0 Å². The molecule has 0 atom stereocenters. The van der Waals surface area contributed by atoms with Gasteiger partial charge in [0.05, 0.1) is 10.5 Å². The highest BCUT2D eigenvalue weighted by Gasteiger charge is 2.33. The molecule has 3 rings (SSSR count). The van der Waals surface area contributed by atoms with Crippen molar-refractivity contribution in [2.45, 2.75) is 11.1 Å². The number of benzene rings is 2. The molecule has 0 saturated heterocycles. The van der Waals surface area contributed by atoms with E-state index >= 15 is 0 Å². The fourth-order valence-corrected chi connectivity index (χ4v) is 3.12. The Kier molecular flexibility index (Phi) is 5.79. The summed E-state index contributed by atoms with van der Waals surface area (Å²) in [5.74, 6) is -0.992. The van der Waals surface area contributed by atoms with E-state index in [1.165, 1.54) is 24.3 Å². The number of anilines is 1. The molecule has 2 aromatic carbocycles. The number of halogens is 3. The van der Waals surface area contributed by atoms with Crippen LogP contribution in [0.25, 0.3) is 0 Å². The maximum Gasteiger partial charge on any atom is 0.417 e. The third kappa shape index (κ3) is 5.15. The number of para-hydroxylation sites is 1. The van der Waals surface area contributed by atoms with E-state index in [1.807, 2.05) is 0 Å². The number of ether oxygens (including phenoxy) is 1. The van der Waals surface area contributed by atoms with Gasteiger partial charge >= 0.3 is 6.18 Å². The van der Waals surface area contributed by atoms with Crippen LogP contribution in [0.5, 0.6) is 11.6 Å². The molecule has 0 radical (unpaired) electrons. The number of carbonyl (C=O) groups is 1. The zero-order valence-corrected chi connectivity index (χ0v) is 16.3. The molecular formula is C20H15F3N2O4S. The summed E-state index contributed by atoms with van der Waals surface area (Å²) in [6, 6.07) is 14.1. The molecule has 0 fully saturated rings. The van der Waals surface area contributed by atoms with E-state index in [0.29, 0.717) is 12.3 Å². The summed E-state index contributed by atoms with van der Waals surface area (Å²) < 4.78 is 68.2. The van der Waals surface area contributed by atoms with Crippen LogP contribution in [0.2, 0.25) is 0 Å². The Morgan fingerprint density at radius 1 is 1.03 bits per heavy atom. The van der Waals surface area contributed by atoms with Crippen molar-refractivity contribution in [1.29, 1.82) is 0 Å². The number of aromatic nitrogens is 1. The average Bonchev–Trinajstić information content (AvgIpc) is 2.68. The molecule has 0 aliphatic rings. The maximum atomic E-state index is 13.1. The quantitative estimate of drug-likeness (QED) is 0.634. The number of amides is 1. The largest absolute Gasteiger partial charge is 0.438 e. The minimum Gasteiger partial charge on any atom is -0.438 e. The van der Waals surface area contributed by atoms with Crippen LogP contribution in [-0.4, -0.2) is 25.6 Å². The Hall–Kier alpha value is -3.40. The first-order valence-corrected chi connectivity index (χ1v) is 10.3. The molecule has 0 saturated carbocycles. The fourth-order valence-electron chi connectivity index (χ4n) is 2.45. The Labute approximate surface area is 170 Å². The van der Waals surface area contributed by atoms with E-state index in [2.05, 4.69) is 10.3 Å². The first-order valence-electron chi connectivity index (χ1n) is 8.45. The number of rotatable bonds is 5. The topological polar surface area (TPSA) is 85.4 Å². The van der Waals surface area contributed by atoms with Gasteiger partial charge in [-0.1, -0.05) is 24.3 Å². The zero-order valence-electron chi connectivity index (χ0n) is 15.5. The Balaban J connectivity index is 1.98. The van der Waals surface area contributed by atoms with Gasteiger partial charge in [0.15, 0.2) is 9.84 Å². The molecule has 30 heavy (non-hydrogen) atoms. The second-order valence-corrected chi connectivity index (χ2v) is 8.26. The monoisotopic (exact) mass is 436 g/mol. The van der Waals surface area contributed by atoms with Crippen molar-refractivity contribution in [1.82, 2.24) is 4.98 Å². The molecule has 156 valence electrons. The molecule has 6 nitrogen and oxygen atoms in total. The first-order chi connectivity index (χ1) is 14.0. The number of alkyl halides is 3. The number of hydrogen-bond acceptors (Lipinski definition) is 5. The Morgan fingerprint density at radius 3 is 2.37 bits per heavy atom. The standard InChI is InChI=1S/C20H15F3N2O4S/c1-30(27,28)16-9-5-6-14(11-16)25-18(26)17-10-13(20(21,22)23)12-24-19(17)29-15-7-3-2-4-8-15/h2-12H,1H3,(H,25,26). The van der Waals surface area contributed by atoms with Crippen LogP contribution in [0.15, 0.2) is 71.8 Å². The summed E-state index contributed by atoms with van der Waals surface area (Å²) in [5.41, 5.74) is -1.50. The second-order valence-electron chi connectivity index (χ2n) is 6.24. The highest BCUT2D eigenvalue weighted by Crippen LogP contribution is 2.33. The van der Waals surface area contributed by atoms with Crippen molar-refractivity contribution < 1.29 is 31.1 Å². The summed E-state index contributed by atoms with van der Waals surface area (Å²) in [5, 5.41) is 2.38. The van der Waals surface area contributed by atoms with Gasteiger partial charge in [0.2, 0.25) is 5.88 Å². The number of pyridine rings is 1. The van der Waals surface area contributed by atoms with Crippen LogP contribution in [0.4, 0.5) is 18.9 Å². The Morgan fingerprint density at radius 2 is 1.73 bits per heavy atom. The van der Waals surface area contributed by atoms with Gasteiger partial charge in [-0.25, -0.2) is 13.4 Å². The van der Waals surface area contributed by atoms with Crippen molar-refractivity contribution in [2.75, 3.05) is 11.6 Å². The molecule has 10 heteroatoms. The lowest BCUT2D eigenvalue weighted by atomic mass is 10.1. The van der Waals surface area contributed by atoms with E-state index in [4.69, 9.17) is 4.74 Å². The SMILES string of the molecule is CS(=O)(=O)c1cccc(NC(=O)c2cc(C(F)(F)F)cnc2Oc2ccccc2)c1. The molecule has 0 unspecified atom stereocenters. The van der Waals surface area contributed by atoms with Crippen LogP contribution in [-0.2, 0) is 16.0 Å². The summed E-state index contributed by atoms with van der Waals surface area (Å²) in [4.78, 5) is 16.3. The minimum atomic E-state index is -4.72. The third-order valence-electron chi connectivity index (χ3n) is 3.90. The Bertz CT molecular complexity index is 1180. The smallest absolute Gasteiger partial charge is 0.417 e. The third-order valence-corrected chi connectivity index (χ3v) is 5.01. The van der Waals surface area contributed by atoms with Crippen LogP contribution >= 0.6 is 0 Å².